The molecule has 0 aliphatic carbocycles. The summed E-state index contributed by atoms with van der Waals surface area (Å²) in [6, 6.07) is -2.30. The van der Waals surface area contributed by atoms with Crippen molar-refractivity contribution in [3.63, 3.8) is 0 Å². The van der Waals surface area contributed by atoms with E-state index in [-0.39, 0.29) is 6.61 Å². The Labute approximate surface area is 114 Å². The number of nitrogens with two attached hydrogens (primary N) is 1. The van der Waals surface area contributed by atoms with Crippen LogP contribution in [0.3, 0.4) is 0 Å². The maximum atomic E-state index is 10.2. The molecule has 0 saturated heterocycles. The minimum Gasteiger partial charge on any atom is -0.480 e. The van der Waals surface area contributed by atoms with Gasteiger partial charge in [-0.15, -0.1) is 0 Å². The Balaban J connectivity index is 0. The van der Waals surface area contributed by atoms with Gasteiger partial charge >= 0.3 is 17.9 Å². The summed E-state index contributed by atoms with van der Waals surface area (Å²) in [6.45, 7) is 1.51. The Kier molecular flexibility index (Phi) is 10.8. The van der Waals surface area contributed by atoms with E-state index in [2.05, 4.69) is 4.74 Å². The topological polar surface area (TPSA) is 176 Å². The smallest absolute Gasteiger partial charge is 0.328 e. The van der Waals surface area contributed by atoms with Gasteiger partial charge in [0.1, 0.15) is 18.7 Å². The first-order valence-corrected chi connectivity index (χ1v) is 5.34. The molecule has 0 aromatic carbocycles. The van der Waals surface area contributed by atoms with Crippen LogP contribution in [0.2, 0.25) is 0 Å². The summed E-state index contributed by atoms with van der Waals surface area (Å²) >= 11 is 0. The summed E-state index contributed by atoms with van der Waals surface area (Å²) in [6.07, 6.45) is 0. The molecule has 20 heavy (non-hydrogen) atoms. The molecule has 0 heterocycles. The van der Waals surface area contributed by atoms with E-state index in [1.165, 1.54) is 13.8 Å². The van der Waals surface area contributed by atoms with Gasteiger partial charge < -0.3 is 31.1 Å². The quantitative estimate of drug-likeness (QED) is 0.332. The maximum Gasteiger partial charge on any atom is 0.328 e. The average molecular weight is 294 g/mol. The molecule has 10 nitrogen and oxygen atoms in total. The lowest BCUT2D eigenvalue weighted by Crippen LogP contribution is -2.42. The largest absolute Gasteiger partial charge is 0.480 e. The molecule has 0 aromatic heterocycles. The van der Waals surface area contributed by atoms with Crippen LogP contribution < -0.4 is 11.1 Å². The lowest BCUT2D eigenvalue weighted by Gasteiger charge is -2.08. The molecule has 0 spiro atoms. The molecular weight excluding hydrogens is 276 g/mol. The number of aliphatic carboxylic acids is 2. The zero-order valence-corrected chi connectivity index (χ0v) is 11.0. The highest BCUT2D eigenvalue weighted by Gasteiger charge is 2.15. The highest BCUT2D eigenvalue weighted by atomic mass is 16.5. The first-order chi connectivity index (χ1) is 9.11. The Hall–Kier alpha value is -2.20. The van der Waals surface area contributed by atoms with Crippen LogP contribution in [0.4, 0.5) is 0 Å². The Morgan fingerprint density at radius 1 is 1.15 bits per heavy atom. The Morgan fingerprint density at radius 3 is 1.85 bits per heavy atom. The molecule has 0 aromatic rings. The van der Waals surface area contributed by atoms with Crippen LogP contribution >= 0.6 is 0 Å². The van der Waals surface area contributed by atoms with Gasteiger partial charge in [0, 0.05) is 13.8 Å². The van der Waals surface area contributed by atoms with E-state index < -0.39 is 42.5 Å². The monoisotopic (exact) mass is 294 g/mol. The second kappa shape index (κ2) is 10.7. The van der Waals surface area contributed by atoms with Gasteiger partial charge in [-0.3, -0.25) is 14.4 Å². The lowest BCUT2D eigenvalue weighted by atomic mass is 10.3. The number of hydrogen-bond donors (Lipinski definition) is 5. The van der Waals surface area contributed by atoms with Gasteiger partial charge in [-0.2, -0.15) is 0 Å². The molecule has 0 rings (SSSR count). The first-order valence-electron chi connectivity index (χ1n) is 5.34. The van der Waals surface area contributed by atoms with Crippen molar-refractivity contribution < 1.29 is 39.2 Å². The van der Waals surface area contributed by atoms with Crippen molar-refractivity contribution in [2.75, 3.05) is 13.2 Å². The van der Waals surface area contributed by atoms with Crippen molar-refractivity contribution in [3.8, 4) is 0 Å². The molecule has 0 radical (unpaired) electrons. The van der Waals surface area contributed by atoms with E-state index in [1.54, 1.807) is 0 Å². The zero-order chi connectivity index (χ0) is 16.3. The third-order valence-electron chi connectivity index (χ3n) is 1.64. The molecule has 0 fully saturated rings. The minimum atomic E-state index is -1.24. The first kappa shape index (κ1) is 20.1. The number of carboxylic acids is 2. The highest BCUT2D eigenvalue weighted by molar-refractivity contribution is 5.82. The van der Waals surface area contributed by atoms with Crippen molar-refractivity contribution in [2.24, 2.45) is 5.73 Å². The SMILES string of the molecule is CC(=O)N[C@@H](CO)C(=O)O.CC(=O)OC[C@H](N)C(=O)O. The summed E-state index contributed by atoms with van der Waals surface area (Å²) in [5, 5.41) is 26.8. The van der Waals surface area contributed by atoms with Crippen LogP contribution in [-0.2, 0) is 23.9 Å². The normalized spacial score (nSPS) is 12.2. The number of aliphatic hydroxyl groups excluding tert-OH is 1. The Morgan fingerprint density at radius 2 is 1.65 bits per heavy atom. The van der Waals surface area contributed by atoms with Crippen molar-refractivity contribution in [2.45, 2.75) is 25.9 Å². The average Bonchev–Trinajstić information content (AvgIpc) is 2.32. The van der Waals surface area contributed by atoms with E-state index in [9.17, 15) is 19.2 Å². The van der Waals surface area contributed by atoms with E-state index >= 15 is 0 Å². The van der Waals surface area contributed by atoms with Gasteiger partial charge in [0.15, 0.2) is 0 Å². The molecule has 0 aliphatic heterocycles. The fourth-order valence-corrected chi connectivity index (χ4v) is 0.709. The van der Waals surface area contributed by atoms with Crippen LogP contribution in [0.25, 0.3) is 0 Å². The molecular formula is C10H18N2O8. The van der Waals surface area contributed by atoms with Crippen molar-refractivity contribution in [1.29, 1.82) is 0 Å². The number of esters is 1. The number of ether oxygens (including phenoxy) is 1. The lowest BCUT2D eigenvalue weighted by molar-refractivity contribution is -0.146. The number of rotatable bonds is 6. The number of carbonyl (C=O) groups excluding carboxylic acids is 2. The van der Waals surface area contributed by atoms with Gasteiger partial charge in [-0.1, -0.05) is 0 Å². The molecule has 1 amide bonds. The predicted molar refractivity (Wildman–Crippen MR) is 64.6 cm³/mol. The Bertz CT molecular complexity index is 357. The van der Waals surface area contributed by atoms with Gasteiger partial charge in [0.2, 0.25) is 5.91 Å². The number of carbonyl (C=O) groups is 4. The van der Waals surface area contributed by atoms with Crippen LogP contribution in [0.1, 0.15) is 13.8 Å². The number of hydrogen-bond acceptors (Lipinski definition) is 7. The summed E-state index contributed by atoms with van der Waals surface area (Å²) in [5.74, 6) is -3.42. The van der Waals surface area contributed by atoms with Crippen molar-refractivity contribution in [1.82, 2.24) is 5.32 Å². The fraction of sp³-hybridized carbons (Fsp3) is 0.600. The third kappa shape index (κ3) is 12.3. The molecule has 0 unspecified atom stereocenters. The second-order valence-electron chi connectivity index (χ2n) is 3.52. The van der Waals surface area contributed by atoms with E-state index in [4.69, 9.17) is 21.1 Å². The fourth-order valence-electron chi connectivity index (χ4n) is 0.709. The van der Waals surface area contributed by atoms with Crippen LogP contribution in [-0.4, -0.2) is 64.4 Å². The van der Waals surface area contributed by atoms with Gasteiger partial charge in [0.05, 0.1) is 6.61 Å². The molecule has 116 valence electrons. The standard InChI is InChI=1S/2C5H9NO4/c1-3(7)10-2-4(6)5(8)9;1-3(8)6-4(2-7)5(9)10/h4H,2,6H2,1H3,(H,8,9);4,7H,2H2,1H3,(H,6,8)(H,9,10)/t2*4-/m00/s1. The second-order valence-corrected chi connectivity index (χ2v) is 3.52. The van der Waals surface area contributed by atoms with Crippen LogP contribution in [0.15, 0.2) is 0 Å². The maximum absolute atomic E-state index is 10.2. The van der Waals surface area contributed by atoms with E-state index in [0.29, 0.717) is 0 Å². The summed E-state index contributed by atoms with van der Waals surface area (Å²) in [4.78, 5) is 40.4. The molecule has 2 atom stereocenters. The van der Waals surface area contributed by atoms with Crippen LogP contribution in [0.5, 0.6) is 0 Å². The summed E-state index contributed by atoms with van der Waals surface area (Å²) in [7, 11) is 0. The third-order valence-corrected chi connectivity index (χ3v) is 1.64. The predicted octanol–water partition coefficient (Wildman–Crippen LogP) is -2.47. The minimum absolute atomic E-state index is 0.273. The van der Waals surface area contributed by atoms with Gasteiger partial charge in [-0.05, 0) is 0 Å². The number of carboxylic acid groups (broad SMARTS) is 2. The summed E-state index contributed by atoms with van der Waals surface area (Å²) < 4.78 is 4.32. The van der Waals surface area contributed by atoms with Crippen LogP contribution in [0, 0.1) is 0 Å². The molecule has 6 N–H and O–H groups in total. The van der Waals surface area contributed by atoms with Crippen molar-refractivity contribution >= 4 is 23.8 Å². The van der Waals surface area contributed by atoms with E-state index in [0.717, 1.165) is 0 Å². The molecule has 0 bridgehead atoms. The van der Waals surface area contributed by atoms with E-state index in [1.807, 2.05) is 5.32 Å². The number of aliphatic hydroxyl groups is 1. The van der Waals surface area contributed by atoms with Crippen molar-refractivity contribution in [3.05, 3.63) is 0 Å². The van der Waals surface area contributed by atoms with Gasteiger partial charge in [0.25, 0.3) is 0 Å². The summed E-state index contributed by atoms with van der Waals surface area (Å²) in [5.41, 5.74) is 4.99. The number of nitrogens with one attached hydrogen (secondary N) is 1. The highest BCUT2D eigenvalue weighted by Crippen LogP contribution is 1.82. The molecule has 0 saturated carbocycles. The number of amides is 1. The molecule has 10 heteroatoms. The molecule has 0 aliphatic rings. The zero-order valence-electron chi connectivity index (χ0n) is 11.0. The van der Waals surface area contributed by atoms with Gasteiger partial charge in [-0.25, -0.2) is 4.79 Å².